The Hall–Kier alpha value is -2.30. The van der Waals surface area contributed by atoms with Crippen molar-refractivity contribution in [2.45, 2.75) is 27.0 Å². The summed E-state index contributed by atoms with van der Waals surface area (Å²) in [6, 6.07) is 6.08. The molecule has 0 bridgehead atoms. The highest BCUT2D eigenvalue weighted by Gasteiger charge is 2.07. The van der Waals surface area contributed by atoms with Crippen molar-refractivity contribution in [2.75, 3.05) is 5.73 Å². The maximum Gasteiger partial charge on any atom is 0.328 e. The van der Waals surface area contributed by atoms with Crippen LogP contribution in [0.2, 0.25) is 0 Å². The number of rotatable bonds is 4. The number of hydrogen-bond acceptors (Lipinski definition) is 4. The minimum absolute atomic E-state index is 0.0715. The van der Waals surface area contributed by atoms with Gasteiger partial charge in [0.25, 0.3) is 0 Å². The van der Waals surface area contributed by atoms with Crippen LogP contribution < -0.4 is 5.73 Å². The number of benzene rings is 1. The van der Waals surface area contributed by atoms with Crippen LogP contribution in [0.1, 0.15) is 16.7 Å². The van der Waals surface area contributed by atoms with E-state index in [2.05, 4.69) is 5.10 Å². The Bertz CT molecular complexity index is 590. The minimum atomic E-state index is -0.330. The van der Waals surface area contributed by atoms with Crippen molar-refractivity contribution < 1.29 is 9.53 Å². The van der Waals surface area contributed by atoms with Gasteiger partial charge in [-0.2, -0.15) is 5.10 Å². The molecular formula is C14H17N3O2. The molecule has 1 heterocycles. The van der Waals surface area contributed by atoms with Crippen LogP contribution in [0.15, 0.2) is 30.6 Å². The summed E-state index contributed by atoms with van der Waals surface area (Å²) in [5.41, 5.74) is 9.33. The molecule has 0 saturated heterocycles. The predicted octanol–water partition coefficient (Wildman–Crippen LogP) is 1.83. The van der Waals surface area contributed by atoms with Gasteiger partial charge in [-0.25, -0.2) is 0 Å². The first-order chi connectivity index (χ1) is 9.04. The fourth-order valence-corrected chi connectivity index (χ4v) is 1.76. The van der Waals surface area contributed by atoms with Crippen molar-refractivity contribution in [1.29, 1.82) is 0 Å². The second kappa shape index (κ2) is 5.56. The molecule has 0 aliphatic carbocycles. The zero-order valence-electron chi connectivity index (χ0n) is 11.1. The number of carbonyl (C=O) groups is 1. The van der Waals surface area contributed by atoms with Gasteiger partial charge >= 0.3 is 5.97 Å². The van der Waals surface area contributed by atoms with E-state index < -0.39 is 0 Å². The number of anilines is 1. The SMILES string of the molecule is Cc1ccc(C)c(COC(=O)Cn2cc(N)cn2)c1. The van der Waals surface area contributed by atoms with Gasteiger partial charge in [-0.3, -0.25) is 9.48 Å². The van der Waals surface area contributed by atoms with Gasteiger partial charge in [0.05, 0.1) is 11.9 Å². The lowest BCUT2D eigenvalue weighted by atomic mass is 10.1. The van der Waals surface area contributed by atoms with Crippen LogP contribution >= 0.6 is 0 Å². The fraction of sp³-hybridized carbons (Fsp3) is 0.286. The summed E-state index contributed by atoms with van der Waals surface area (Å²) in [5.74, 6) is -0.330. The van der Waals surface area contributed by atoms with E-state index in [1.54, 1.807) is 6.20 Å². The molecule has 5 nitrogen and oxygen atoms in total. The number of ether oxygens (including phenoxy) is 1. The minimum Gasteiger partial charge on any atom is -0.459 e. The molecule has 1 aromatic carbocycles. The molecule has 0 atom stereocenters. The molecule has 0 amide bonds. The van der Waals surface area contributed by atoms with Crippen molar-refractivity contribution in [3.63, 3.8) is 0 Å². The van der Waals surface area contributed by atoms with E-state index in [9.17, 15) is 4.79 Å². The van der Waals surface area contributed by atoms with Crippen LogP contribution in [-0.2, 0) is 22.7 Å². The third-order valence-electron chi connectivity index (χ3n) is 2.84. The largest absolute Gasteiger partial charge is 0.459 e. The molecule has 100 valence electrons. The number of aromatic nitrogens is 2. The van der Waals surface area contributed by atoms with E-state index in [-0.39, 0.29) is 19.1 Å². The molecule has 0 fully saturated rings. The average Bonchev–Trinajstić information content (AvgIpc) is 2.76. The molecule has 0 saturated carbocycles. The van der Waals surface area contributed by atoms with Crippen molar-refractivity contribution in [2.24, 2.45) is 0 Å². The Morgan fingerprint density at radius 1 is 1.42 bits per heavy atom. The Morgan fingerprint density at radius 2 is 2.21 bits per heavy atom. The van der Waals surface area contributed by atoms with Crippen molar-refractivity contribution in [1.82, 2.24) is 9.78 Å². The molecule has 2 N–H and O–H groups in total. The highest BCUT2D eigenvalue weighted by Crippen LogP contribution is 2.12. The molecule has 2 rings (SSSR count). The van der Waals surface area contributed by atoms with Crippen LogP contribution in [0.3, 0.4) is 0 Å². The number of carbonyl (C=O) groups excluding carboxylic acids is 1. The zero-order chi connectivity index (χ0) is 13.8. The number of hydrogen-bond donors (Lipinski definition) is 1. The van der Waals surface area contributed by atoms with E-state index >= 15 is 0 Å². The van der Waals surface area contributed by atoms with Gasteiger partial charge in [0.15, 0.2) is 0 Å². The summed E-state index contributed by atoms with van der Waals surface area (Å²) in [5, 5.41) is 3.93. The normalized spacial score (nSPS) is 10.4. The van der Waals surface area contributed by atoms with Gasteiger partial charge in [-0.15, -0.1) is 0 Å². The molecule has 5 heteroatoms. The van der Waals surface area contributed by atoms with E-state index in [4.69, 9.17) is 10.5 Å². The molecule has 2 aromatic rings. The number of aryl methyl sites for hydroxylation is 2. The Balaban J connectivity index is 1.91. The Labute approximate surface area is 112 Å². The van der Waals surface area contributed by atoms with Crippen LogP contribution in [0.25, 0.3) is 0 Å². The first kappa shape index (κ1) is 13.1. The van der Waals surface area contributed by atoms with E-state index in [1.165, 1.54) is 10.9 Å². The highest BCUT2D eigenvalue weighted by atomic mass is 16.5. The Morgan fingerprint density at radius 3 is 2.89 bits per heavy atom. The summed E-state index contributed by atoms with van der Waals surface area (Å²) < 4.78 is 6.70. The number of nitrogen functional groups attached to an aromatic ring is 1. The molecule has 0 aliphatic rings. The monoisotopic (exact) mass is 259 g/mol. The third kappa shape index (κ3) is 3.58. The summed E-state index contributed by atoms with van der Waals surface area (Å²) in [4.78, 5) is 11.7. The molecule has 1 aromatic heterocycles. The van der Waals surface area contributed by atoms with Gasteiger partial charge in [0, 0.05) is 6.20 Å². The molecule has 0 spiro atoms. The van der Waals surface area contributed by atoms with Crippen LogP contribution in [0, 0.1) is 13.8 Å². The Kier molecular flexibility index (Phi) is 3.85. The quantitative estimate of drug-likeness (QED) is 0.850. The molecular weight excluding hydrogens is 242 g/mol. The second-order valence-electron chi connectivity index (χ2n) is 4.56. The molecule has 0 unspecified atom stereocenters. The second-order valence-corrected chi connectivity index (χ2v) is 4.56. The lowest BCUT2D eigenvalue weighted by molar-refractivity contribution is -0.145. The maximum absolute atomic E-state index is 11.7. The lowest BCUT2D eigenvalue weighted by Crippen LogP contribution is -2.14. The number of nitrogens with two attached hydrogens (primary N) is 1. The van der Waals surface area contributed by atoms with Gasteiger partial charge in [-0.1, -0.05) is 23.8 Å². The zero-order valence-corrected chi connectivity index (χ0v) is 11.1. The lowest BCUT2D eigenvalue weighted by Gasteiger charge is -2.08. The summed E-state index contributed by atoms with van der Waals surface area (Å²) >= 11 is 0. The fourth-order valence-electron chi connectivity index (χ4n) is 1.76. The first-order valence-electron chi connectivity index (χ1n) is 6.04. The first-order valence-corrected chi connectivity index (χ1v) is 6.04. The maximum atomic E-state index is 11.7. The van der Waals surface area contributed by atoms with Gasteiger partial charge in [0.1, 0.15) is 13.2 Å². The molecule has 19 heavy (non-hydrogen) atoms. The smallest absolute Gasteiger partial charge is 0.328 e. The van der Waals surface area contributed by atoms with E-state index in [1.807, 2.05) is 32.0 Å². The van der Waals surface area contributed by atoms with Crippen LogP contribution in [0.5, 0.6) is 0 Å². The average molecular weight is 259 g/mol. The topological polar surface area (TPSA) is 70.1 Å². The molecule has 0 aliphatic heterocycles. The van der Waals surface area contributed by atoms with Crippen LogP contribution in [-0.4, -0.2) is 15.7 Å². The number of nitrogens with zero attached hydrogens (tertiary/aromatic N) is 2. The molecule has 0 radical (unpaired) electrons. The standard InChI is InChI=1S/C14H17N3O2/c1-10-3-4-11(2)12(5-10)9-19-14(18)8-17-7-13(15)6-16-17/h3-7H,8-9,15H2,1-2H3. The predicted molar refractivity (Wildman–Crippen MR) is 72.4 cm³/mol. The van der Waals surface area contributed by atoms with Gasteiger partial charge in [0.2, 0.25) is 0 Å². The van der Waals surface area contributed by atoms with Crippen molar-refractivity contribution in [3.05, 3.63) is 47.3 Å². The van der Waals surface area contributed by atoms with Crippen LogP contribution in [0.4, 0.5) is 5.69 Å². The number of esters is 1. The van der Waals surface area contributed by atoms with E-state index in [0.717, 1.165) is 16.7 Å². The van der Waals surface area contributed by atoms with Gasteiger partial charge in [-0.05, 0) is 25.0 Å². The van der Waals surface area contributed by atoms with Gasteiger partial charge < -0.3 is 10.5 Å². The summed E-state index contributed by atoms with van der Waals surface area (Å²) in [6.45, 7) is 4.36. The van der Waals surface area contributed by atoms with E-state index in [0.29, 0.717) is 5.69 Å². The van der Waals surface area contributed by atoms with Crippen molar-refractivity contribution in [3.8, 4) is 0 Å². The highest BCUT2D eigenvalue weighted by molar-refractivity contribution is 5.69. The third-order valence-corrected chi connectivity index (χ3v) is 2.84. The van der Waals surface area contributed by atoms with Crippen molar-refractivity contribution >= 4 is 11.7 Å². The summed E-state index contributed by atoms with van der Waals surface area (Å²) in [7, 11) is 0. The summed E-state index contributed by atoms with van der Waals surface area (Å²) in [6.07, 6.45) is 3.09.